The summed E-state index contributed by atoms with van der Waals surface area (Å²) in [7, 11) is 0. The Kier molecular flexibility index (Phi) is 3.55. The van der Waals surface area contributed by atoms with Gasteiger partial charge in [0.1, 0.15) is 5.60 Å². The van der Waals surface area contributed by atoms with Crippen molar-refractivity contribution >= 4 is 5.97 Å². The van der Waals surface area contributed by atoms with Gasteiger partial charge in [-0.1, -0.05) is 29.8 Å². The lowest BCUT2D eigenvalue weighted by Crippen LogP contribution is -2.34. The SMILES string of the molecule is Cc1ccc(C(F)(F)C(=O)OC(C)(C)C)cc1. The van der Waals surface area contributed by atoms with Crippen LogP contribution in [0.15, 0.2) is 24.3 Å². The zero-order valence-electron chi connectivity index (χ0n) is 10.4. The highest BCUT2D eigenvalue weighted by molar-refractivity contribution is 5.79. The second kappa shape index (κ2) is 4.43. The van der Waals surface area contributed by atoms with Crippen molar-refractivity contribution in [2.24, 2.45) is 0 Å². The molecule has 0 N–H and O–H groups in total. The summed E-state index contributed by atoms with van der Waals surface area (Å²) in [4.78, 5) is 11.4. The first-order valence-corrected chi connectivity index (χ1v) is 5.31. The number of hydrogen-bond donors (Lipinski definition) is 0. The summed E-state index contributed by atoms with van der Waals surface area (Å²) in [5, 5.41) is 0. The average Bonchev–Trinajstić information content (AvgIpc) is 2.15. The van der Waals surface area contributed by atoms with Crippen LogP contribution in [0, 0.1) is 6.92 Å². The molecule has 0 amide bonds. The Hall–Kier alpha value is -1.45. The molecule has 17 heavy (non-hydrogen) atoms. The molecule has 0 bridgehead atoms. The molecule has 1 aromatic rings. The minimum absolute atomic E-state index is 0.350. The third kappa shape index (κ3) is 3.51. The van der Waals surface area contributed by atoms with Crippen LogP contribution in [-0.2, 0) is 15.5 Å². The third-order valence-electron chi connectivity index (χ3n) is 2.07. The van der Waals surface area contributed by atoms with Gasteiger partial charge in [0.2, 0.25) is 0 Å². The van der Waals surface area contributed by atoms with Gasteiger partial charge in [-0.15, -0.1) is 0 Å². The highest BCUT2D eigenvalue weighted by Crippen LogP contribution is 2.31. The lowest BCUT2D eigenvalue weighted by molar-refractivity contribution is -0.185. The van der Waals surface area contributed by atoms with Gasteiger partial charge in [-0.3, -0.25) is 0 Å². The maximum Gasteiger partial charge on any atom is 0.382 e. The Bertz CT molecular complexity index is 402. The largest absolute Gasteiger partial charge is 0.455 e. The van der Waals surface area contributed by atoms with Gasteiger partial charge in [0.25, 0.3) is 0 Å². The molecule has 0 aliphatic heterocycles. The first-order chi connectivity index (χ1) is 7.63. The summed E-state index contributed by atoms with van der Waals surface area (Å²) in [5.74, 6) is -5.13. The van der Waals surface area contributed by atoms with Crippen LogP contribution in [0.3, 0.4) is 0 Å². The fourth-order valence-corrected chi connectivity index (χ4v) is 1.22. The summed E-state index contributed by atoms with van der Waals surface area (Å²) in [6.07, 6.45) is 0. The van der Waals surface area contributed by atoms with E-state index in [9.17, 15) is 13.6 Å². The number of benzene rings is 1. The zero-order chi connectivity index (χ0) is 13.3. The number of halogens is 2. The van der Waals surface area contributed by atoms with E-state index in [4.69, 9.17) is 4.74 Å². The van der Waals surface area contributed by atoms with Crippen LogP contribution in [0.25, 0.3) is 0 Å². The van der Waals surface area contributed by atoms with E-state index < -0.39 is 17.5 Å². The molecule has 1 rings (SSSR count). The van der Waals surface area contributed by atoms with Crippen molar-refractivity contribution in [1.29, 1.82) is 0 Å². The summed E-state index contributed by atoms with van der Waals surface area (Å²) in [6.45, 7) is 6.44. The standard InChI is InChI=1S/C13H16F2O2/c1-9-5-7-10(8-6-9)13(14,15)11(16)17-12(2,3)4/h5-8H,1-4H3. The number of carbonyl (C=O) groups excluding carboxylic acids is 1. The Balaban J connectivity index is 2.94. The van der Waals surface area contributed by atoms with Crippen molar-refractivity contribution in [3.05, 3.63) is 35.4 Å². The molecule has 94 valence electrons. The molecule has 0 atom stereocenters. The molecular weight excluding hydrogens is 226 g/mol. The second-order valence-corrected chi connectivity index (χ2v) is 4.94. The van der Waals surface area contributed by atoms with E-state index in [1.54, 1.807) is 27.7 Å². The summed E-state index contributed by atoms with van der Waals surface area (Å²) in [5.41, 5.74) is -0.420. The van der Waals surface area contributed by atoms with Gasteiger partial charge < -0.3 is 4.74 Å². The zero-order valence-corrected chi connectivity index (χ0v) is 10.4. The molecule has 0 saturated heterocycles. The molecular formula is C13H16F2O2. The Labute approximate surface area is 99.6 Å². The predicted octanol–water partition coefficient (Wildman–Crippen LogP) is 3.43. The van der Waals surface area contributed by atoms with Crippen molar-refractivity contribution in [2.45, 2.75) is 39.2 Å². The molecule has 0 radical (unpaired) electrons. The smallest absolute Gasteiger partial charge is 0.382 e. The molecule has 0 saturated carbocycles. The van der Waals surface area contributed by atoms with E-state index in [2.05, 4.69) is 0 Å². The summed E-state index contributed by atoms with van der Waals surface area (Å²) < 4.78 is 32.2. The minimum atomic E-state index is -3.61. The monoisotopic (exact) mass is 242 g/mol. The fourth-order valence-electron chi connectivity index (χ4n) is 1.22. The first kappa shape index (κ1) is 13.6. The molecule has 0 spiro atoms. The van der Waals surface area contributed by atoms with Crippen molar-refractivity contribution in [3.8, 4) is 0 Å². The van der Waals surface area contributed by atoms with Gasteiger partial charge in [0, 0.05) is 5.56 Å². The normalized spacial score (nSPS) is 12.4. The summed E-state index contributed by atoms with van der Waals surface area (Å²) in [6, 6.07) is 5.54. The molecule has 4 heteroatoms. The number of rotatable bonds is 2. The quantitative estimate of drug-likeness (QED) is 0.743. The fraction of sp³-hybridized carbons (Fsp3) is 0.462. The van der Waals surface area contributed by atoms with Crippen molar-refractivity contribution in [3.63, 3.8) is 0 Å². The first-order valence-electron chi connectivity index (χ1n) is 5.31. The lowest BCUT2D eigenvalue weighted by Gasteiger charge is -2.23. The van der Waals surface area contributed by atoms with Gasteiger partial charge >= 0.3 is 11.9 Å². The van der Waals surface area contributed by atoms with Crippen LogP contribution in [0.5, 0.6) is 0 Å². The molecule has 2 nitrogen and oxygen atoms in total. The Morgan fingerprint density at radius 2 is 1.59 bits per heavy atom. The number of carbonyl (C=O) groups is 1. The average molecular weight is 242 g/mol. The molecule has 0 unspecified atom stereocenters. The van der Waals surface area contributed by atoms with Crippen molar-refractivity contribution in [1.82, 2.24) is 0 Å². The number of hydrogen-bond acceptors (Lipinski definition) is 2. The number of ether oxygens (including phenoxy) is 1. The van der Waals surface area contributed by atoms with Gasteiger partial charge in [-0.05, 0) is 27.7 Å². The summed E-state index contributed by atoms with van der Waals surface area (Å²) >= 11 is 0. The minimum Gasteiger partial charge on any atom is -0.455 e. The van der Waals surface area contributed by atoms with Gasteiger partial charge in [-0.2, -0.15) is 8.78 Å². The highest BCUT2D eigenvalue weighted by atomic mass is 19.3. The van der Waals surface area contributed by atoms with Crippen molar-refractivity contribution in [2.75, 3.05) is 0 Å². The molecule has 1 aromatic carbocycles. The van der Waals surface area contributed by atoms with E-state index in [0.717, 1.165) is 5.56 Å². The molecule has 0 aromatic heterocycles. The van der Waals surface area contributed by atoms with Crippen LogP contribution in [0.4, 0.5) is 8.78 Å². The van der Waals surface area contributed by atoms with E-state index in [0.29, 0.717) is 0 Å². The lowest BCUT2D eigenvalue weighted by atomic mass is 10.1. The van der Waals surface area contributed by atoms with Crippen molar-refractivity contribution < 1.29 is 18.3 Å². The van der Waals surface area contributed by atoms with Gasteiger partial charge in [0.15, 0.2) is 0 Å². The van der Waals surface area contributed by atoms with Crippen LogP contribution >= 0.6 is 0 Å². The predicted molar refractivity (Wildman–Crippen MR) is 60.9 cm³/mol. The maximum atomic E-state index is 13.7. The molecule has 0 fully saturated rings. The van der Waals surface area contributed by atoms with Crippen LogP contribution in [-0.4, -0.2) is 11.6 Å². The number of aryl methyl sites for hydroxylation is 1. The van der Waals surface area contributed by atoms with Gasteiger partial charge in [-0.25, -0.2) is 4.79 Å². The van der Waals surface area contributed by atoms with Crippen LogP contribution in [0.1, 0.15) is 31.9 Å². The molecule has 0 aliphatic rings. The number of alkyl halides is 2. The third-order valence-corrected chi connectivity index (χ3v) is 2.07. The molecule has 0 heterocycles. The van der Waals surface area contributed by atoms with E-state index in [1.807, 2.05) is 0 Å². The van der Waals surface area contributed by atoms with Crippen LogP contribution in [0.2, 0.25) is 0 Å². The second-order valence-electron chi connectivity index (χ2n) is 4.94. The van der Waals surface area contributed by atoms with E-state index in [1.165, 1.54) is 24.3 Å². The Morgan fingerprint density at radius 3 is 2.00 bits per heavy atom. The highest BCUT2D eigenvalue weighted by Gasteiger charge is 2.44. The Morgan fingerprint density at radius 1 is 1.12 bits per heavy atom. The van der Waals surface area contributed by atoms with E-state index >= 15 is 0 Å². The van der Waals surface area contributed by atoms with E-state index in [-0.39, 0.29) is 5.56 Å². The number of esters is 1. The van der Waals surface area contributed by atoms with Crippen LogP contribution < -0.4 is 0 Å². The maximum absolute atomic E-state index is 13.7. The molecule has 0 aliphatic carbocycles. The topological polar surface area (TPSA) is 26.3 Å². The van der Waals surface area contributed by atoms with Gasteiger partial charge in [0.05, 0.1) is 0 Å².